The van der Waals surface area contributed by atoms with Crippen LogP contribution in [0.4, 0.5) is 4.79 Å². The van der Waals surface area contributed by atoms with E-state index in [-0.39, 0.29) is 49.7 Å². The normalized spacial score (nSPS) is 18.2. The van der Waals surface area contributed by atoms with Crippen LogP contribution >= 0.6 is 0 Å². The van der Waals surface area contributed by atoms with Gasteiger partial charge in [-0.3, -0.25) is 19.2 Å². The lowest BCUT2D eigenvalue weighted by Gasteiger charge is -2.53. The van der Waals surface area contributed by atoms with E-state index in [9.17, 15) is 29.7 Å². The van der Waals surface area contributed by atoms with E-state index in [1.54, 1.807) is 36.4 Å². The van der Waals surface area contributed by atoms with Crippen molar-refractivity contribution in [3.63, 3.8) is 0 Å². The Morgan fingerprint density at radius 1 is 0.661 bits per heavy atom. The first-order valence-electron chi connectivity index (χ1n) is 19.6. The molecule has 0 aromatic heterocycles. The minimum Gasteiger partial charge on any atom is -0.508 e. The topological polar surface area (TPSA) is 169 Å². The van der Waals surface area contributed by atoms with Gasteiger partial charge in [0.05, 0.1) is 13.2 Å². The predicted octanol–water partition coefficient (Wildman–Crippen LogP) is 4.92. The number of ether oxygens (including phenoxy) is 1. The molecule has 2 aliphatic rings. The third-order valence-electron chi connectivity index (χ3n) is 10.6. The number of carbonyl (C=O) groups excluding carboxylic acids is 4. The fraction of sp³-hybridized carbons (Fsp3) is 0.261. The van der Waals surface area contributed by atoms with E-state index in [2.05, 4.69) is 5.32 Å². The van der Waals surface area contributed by atoms with E-state index in [4.69, 9.17) is 9.57 Å². The Balaban J connectivity index is 1.23. The summed E-state index contributed by atoms with van der Waals surface area (Å²) in [6.45, 7) is -0.0191. The van der Waals surface area contributed by atoms with Gasteiger partial charge in [0.25, 0.3) is 5.91 Å². The van der Waals surface area contributed by atoms with Gasteiger partial charge in [-0.25, -0.2) is 4.79 Å². The first-order chi connectivity index (χ1) is 28.6. The average Bonchev–Trinajstić information content (AvgIpc) is 3.24. The van der Waals surface area contributed by atoms with Crippen LogP contribution in [-0.2, 0) is 56.1 Å². The van der Waals surface area contributed by atoms with Crippen molar-refractivity contribution in [1.82, 2.24) is 20.2 Å². The van der Waals surface area contributed by atoms with E-state index in [1.165, 1.54) is 46.2 Å². The van der Waals surface area contributed by atoms with Crippen molar-refractivity contribution in [1.29, 1.82) is 0 Å². The van der Waals surface area contributed by atoms with Crippen molar-refractivity contribution < 1.29 is 44.1 Å². The average molecular weight is 799 g/mol. The minimum atomic E-state index is -1.26. The summed E-state index contributed by atoms with van der Waals surface area (Å²) in [7, 11) is 0. The molecule has 13 nitrogen and oxygen atoms in total. The molecule has 13 heteroatoms. The summed E-state index contributed by atoms with van der Waals surface area (Å²) in [6.07, 6.45) is -2.32. The van der Waals surface area contributed by atoms with Crippen LogP contribution in [0, 0.1) is 0 Å². The standard InChI is InChI=1S/C46H46N4O9/c51-36-17-11-32(12-18-36)24-26-58-46(57)50-42-30-48(39(27-33-9-5-2-6-10-33)43(54)47-25-23-31-7-3-1-4-8-31)44(55)40(28-34-13-19-37(52)20-14-34)49(42)45(56)41(59-50)29-35-15-21-38(53)22-16-35/h1-22,39-42,51-53H,23-30H2,(H,47,54)/t39-,40-,41+,42?/m0/s1. The molecule has 59 heavy (non-hydrogen) atoms. The first-order valence-corrected chi connectivity index (χ1v) is 19.6. The van der Waals surface area contributed by atoms with Crippen LogP contribution < -0.4 is 5.32 Å². The molecule has 304 valence electrons. The Kier molecular flexibility index (Phi) is 12.7. The molecule has 0 saturated carbocycles. The van der Waals surface area contributed by atoms with E-state index >= 15 is 4.79 Å². The Labute approximate surface area is 342 Å². The summed E-state index contributed by atoms with van der Waals surface area (Å²) in [4.78, 5) is 67.2. The minimum absolute atomic E-state index is 0.00120. The molecule has 2 aliphatic heterocycles. The number of carbonyl (C=O) groups is 4. The Morgan fingerprint density at radius 3 is 1.78 bits per heavy atom. The quantitative estimate of drug-likeness (QED) is 0.122. The molecular formula is C46H46N4O9. The van der Waals surface area contributed by atoms with Crippen molar-refractivity contribution in [3.05, 3.63) is 161 Å². The summed E-state index contributed by atoms with van der Waals surface area (Å²) >= 11 is 0. The molecule has 0 radical (unpaired) electrons. The van der Waals surface area contributed by atoms with Gasteiger partial charge in [0.1, 0.15) is 29.3 Å². The maximum Gasteiger partial charge on any atom is 0.436 e. The fourth-order valence-corrected chi connectivity index (χ4v) is 7.49. The molecule has 0 spiro atoms. The number of phenolic OH excluding ortho intramolecular Hbond substituents is 3. The lowest BCUT2D eigenvalue weighted by molar-refractivity contribution is -0.267. The zero-order valence-electron chi connectivity index (χ0n) is 32.3. The van der Waals surface area contributed by atoms with Gasteiger partial charge in [0.2, 0.25) is 11.8 Å². The van der Waals surface area contributed by atoms with Crippen molar-refractivity contribution >= 4 is 23.8 Å². The van der Waals surface area contributed by atoms with Crippen LogP contribution in [0.1, 0.15) is 27.8 Å². The van der Waals surface area contributed by atoms with Gasteiger partial charge in [-0.2, -0.15) is 5.06 Å². The third-order valence-corrected chi connectivity index (χ3v) is 10.6. The van der Waals surface area contributed by atoms with Gasteiger partial charge in [0, 0.05) is 32.2 Å². The number of aromatic hydroxyl groups is 3. The lowest BCUT2D eigenvalue weighted by atomic mass is 9.94. The molecule has 4 atom stereocenters. The molecule has 5 aromatic rings. The van der Waals surface area contributed by atoms with Crippen LogP contribution in [0.2, 0.25) is 0 Å². The van der Waals surface area contributed by atoms with Gasteiger partial charge < -0.3 is 35.2 Å². The Morgan fingerprint density at radius 2 is 1.19 bits per heavy atom. The highest BCUT2D eigenvalue weighted by atomic mass is 16.7. The van der Waals surface area contributed by atoms with Gasteiger partial charge in [-0.1, -0.05) is 97.1 Å². The maximum atomic E-state index is 15.0. The number of hydrogen-bond donors (Lipinski definition) is 4. The molecule has 4 N–H and O–H groups in total. The van der Waals surface area contributed by atoms with E-state index in [1.807, 2.05) is 60.7 Å². The number of phenols is 3. The van der Waals surface area contributed by atoms with Crippen molar-refractivity contribution in [2.45, 2.75) is 56.5 Å². The largest absolute Gasteiger partial charge is 0.508 e. The highest BCUT2D eigenvalue weighted by Crippen LogP contribution is 2.33. The summed E-state index contributed by atoms with van der Waals surface area (Å²) in [5, 5.41) is 33.7. The van der Waals surface area contributed by atoms with Gasteiger partial charge in [0.15, 0.2) is 12.3 Å². The van der Waals surface area contributed by atoms with Crippen LogP contribution in [0.25, 0.3) is 0 Å². The Hall–Kier alpha value is -6.86. The van der Waals surface area contributed by atoms with Crippen LogP contribution in [0.5, 0.6) is 17.2 Å². The zero-order chi connectivity index (χ0) is 41.3. The number of rotatable bonds is 14. The van der Waals surface area contributed by atoms with E-state index < -0.39 is 48.2 Å². The number of amides is 4. The number of nitrogens with one attached hydrogen (secondary N) is 1. The summed E-state index contributed by atoms with van der Waals surface area (Å²) in [5.41, 5.74) is 3.91. The number of hydroxylamine groups is 2. The number of fused-ring (bicyclic) bond motifs is 1. The number of hydrogen-bond acceptors (Lipinski definition) is 9. The molecule has 0 bridgehead atoms. The monoisotopic (exact) mass is 798 g/mol. The molecule has 2 saturated heterocycles. The second-order valence-electron chi connectivity index (χ2n) is 14.7. The van der Waals surface area contributed by atoms with E-state index in [0.717, 1.165) is 21.8 Å². The van der Waals surface area contributed by atoms with Gasteiger partial charge in [-0.15, -0.1) is 0 Å². The van der Waals surface area contributed by atoms with Crippen molar-refractivity contribution in [2.24, 2.45) is 0 Å². The molecule has 1 unspecified atom stereocenters. The fourth-order valence-electron chi connectivity index (χ4n) is 7.49. The van der Waals surface area contributed by atoms with Gasteiger partial charge >= 0.3 is 6.09 Å². The summed E-state index contributed by atoms with van der Waals surface area (Å²) < 4.78 is 5.76. The SMILES string of the molecule is O=C(NCCc1ccccc1)[C@H](Cc1ccccc1)N1CC2N(C(=O)OCCc3ccc(O)cc3)O[C@H](Cc3ccc(O)cc3)C(=O)N2[C@@H](Cc2ccc(O)cc2)C1=O. The molecule has 5 aromatic carbocycles. The molecule has 2 fully saturated rings. The maximum absolute atomic E-state index is 15.0. The highest BCUT2D eigenvalue weighted by Gasteiger charge is 2.55. The molecular weight excluding hydrogens is 753 g/mol. The second kappa shape index (κ2) is 18.6. The lowest BCUT2D eigenvalue weighted by Crippen LogP contribution is -2.75. The first kappa shape index (κ1) is 40.3. The second-order valence-corrected chi connectivity index (χ2v) is 14.7. The molecule has 0 aliphatic carbocycles. The van der Waals surface area contributed by atoms with Crippen molar-refractivity contribution in [3.8, 4) is 17.2 Å². The number of nitrogens with zero attached hydrogens (tertiary/aromatic N) is 3. The number of benzene rings is 5. The smallest absolute Gasteiger partial charge is 0.436 e. The molecule has 7 rings (SSSR count). The summed E-state index contributed by atoms with van der Waals surface area (Å²) in [5.74, 6) is -1.27. The van der Waals surface area contributed by atoms with Crippen LogP contribution in [-0.4, -0.2) is 98.0 Å². The molecule has 2 heterocycles. The zero-order valence-corrected chi connectivity index (χ0v) is 32.3. The third kappa shape index (κ3) is 10.00. The number of piperazine rings is 1. The summed E-state index contributed by atoms with van der Waals surface area (Å²) in [6, 6.07) is 35.8. The van der Waals surface area contributed by atoms with Crippen LogP contribution in [0.3, 0.4) is 0 Å². The predicted molar refractivity (Wildman–Crippen MR) is 217 cm³/mol. The Bertz CT molecular complexity index is 2200. The van der Waals surface area contributed by atoms with Crippen molar-refractivity contribution in [2.75, 3.05) is 19.7 Å². The highest BCUT2D eigenvalue weighted by molar-refractivity contribution is 5.95. The van der Waals surface area contributed by atoms with Crippen LogP contribution in [0.15, 0.2) is 133 Å². The van der Waals surface area contributed by atoms with E-state index in [0.29, 0.717) is 30.5 Å². The van der Waals surface area contributed by atoms with Gasteiger partial charge in [-0.05, 0) is 70.6 Å². The molecule has 4 amide bonds.